The van der Waals surface area contributed by atoms with E-state index in [0.29, 0.717) is 17.5 Å². The maximum atomic E-state index is 12.0. The second kappa shape index (κ2) is 7.45. The van der Waals surface area contributed by atoms with Crippen molar-refractivity contribution in [2.45, 2.75) is 16.7 Å². The van der Waals surface area contributed by atoms with Crippen molar-refractivity contribution >= 4 is 37.6 Å². The van der Waals surface area contributed by atoms with Gasteiger partial charge in [0.25, 0.3) is 0 Å². The molecule has 1 unspecified atom stereocenters. The van der Waals surface area contributed by atoms with Crippen LogP contribution in [0.15, 0.2) is 33.6 Å². The normalized spacial score (nSPS) is 13.5. The Hall–Kier alpha value is -0.140. The van der Waals surface area contributed by atoms with Gasteiger partial charge in [-0.05, 0) is 34.5 Å². The van der Waals surface area contributed by atoms with Crippen molar-refractivity contribution in [2.24, 2.45) is 0 Å². The van der Waals surface area contributed by atoms with Crippen LogP contribution in [0.3, 0.4) is 0 Å². The third kappa shape index (κ3) is 4.85. The summed E-state index contributed by atoms with van der Waals surface area (Å²) in [4.78, 5) is 0.225. The largest absolute Gasteiger partial charge is 0.383 e. The third-order valence-corrected chi connectivity index (χ3v) is 5.04. The van der Waals surface area contributed by atoms with Crippen LogP contribution in [-0.4, -0.2) is 34.1 Å². The highest BCUT2D eigenvalue weighted by molar-refractivity contribution is 9.10. The first-order valence-electron chi connectivity index (χ1n) is 5.34. The second-order valence-electron chi connectivity index (χ2n) is 3.67. The Morgan fingerprint density at radius 3 is 2.72 bits per heavy atom. The first kappa shape index (κ1) is 15.9. The van der Waals surface area contributed by atoms with E-state index in [4.69, 9.17) is 16.3 Å². The molecule has 1 aromatic rings. The molecule has 0 aliphatic heterocycles. The van der Waals surface area contributed by atoms with E-state index in [1.165, 1.54) is 0 Å². The van der Waals surface area contributed by atoms with Gasteiger partial charge in [0.15, 0.2) is 0 Å². The fourth-order valence-corrected chi connectivity index (χ4v) is 3.64. The summed E-state index contributed by atoms with van der Waals surface area (Å²) in [6.07, 6.45) is 0.513. The molecule has 0 amide bonds. The molecule has 0 aromatic heterocycles. The van der Waals surface area contributed by atoms with E-state index in [0.717, 1.165) is 0 Å². The molecule has 0 bridgehead atoms. The van der Waals surface area contributed by atoms with Gasteiger partial charge in [0.1, 0.15) is 0 Å². The molecule has 1 N–H and O–H groups in total. The lowest BCUT2D eigenvalue weighted by Gasteiger charge is -2.10. The molecule has 0 saturated carbocycles. The number of nitrogens with one attached hydrogen (secondary N) is 1. The Labute approximate surface area is 121 Å². The zero-order chi connectivity index (χ0) is 13.6. The van der Waals surface area contributed by atoms with Gasteiger partial charge in [0, 0.05) is 18.1 Å². The summed E-state index contributed by atoms with van der Waals surface area (Å²) < 4.78 is 31.9. The zero-order valence-corrected chi connectivity index (χ0v) is 13.1. The van der Waals surface area contributed by atoms with E-state index in [-0.39, 0.29) is 16.8 Å². The molecule has 1 atom stereocenters. The molecule has 7 heteroatoms. The minimum absolute atomic E-state index is 0.197. The van der Waals surface area contributed by atoms with Crippen molar-refractivity contribution in [3.63, 3.8) is 0 Å². The van der Waals surface area contributed by atoms with Gasteiger partial charge in [-0.2, -0.15) is 0 Å². The van der Waals surface area contributed by atoms with Crippen molar-refractivity contribution in [1.82, 2.24) is 4.72 Å². The van der Waals surface area contributed by atoms with Crippen molar-refractivity contribution < 1.29 is 13.2 Å². The van der Waals surface area contributed by atoms with Gasteiger partial charge in [0.2, 0.25) is 10.0 Å². The predicted molar refractivity (Wildman–Crippen MR) is 75.5 cm³/mol. The van der Waals surface area contributed by atoms with Crippen LogP contribution in [0.1, 0.15) is 6.42 Å². The van der Waals surface area contributed by atoms with E-state index < -0.39 is 10.0 Å². The van der Waals surface area contributed by atoms with E-state index >= 15 is 0 Å². The van der Waals surface area contributed by atoms with Crippen LogP contribution in [0.4, 0.5) is 0 Å². The molecule has 18 heavy (non-hydrogen) atoms. The van der Waals surface area contributed by atoms with Crippen LogP contribution < -0.4 is 4.72 Å². The minimum Gasteiger partial charge on any atom is -0.383 e. The molecular formula is C11H15BrClNO3S. The van der Waals surface area contributed by atoms with E-state index in [1.807, 2.05) is 0 Å². The van der Waals surface area contributed by atoms with Gasteiger partial charge >= 0.3 is 0 Å². The molecule has 0 saturated heterocycles. The topological polar surface area (TPSA) is 55.4 Å². The summed E-state index contributed by atoms with van der Waals surface area (Å²) in [5, 5.41) is -0.197. The fourth-order valence-electron chi connectivity index (χ4n) is 1.35. The maximum absolute atomic E-state index is 12.0. The number of hydrogen-bond acceptors (Lipinski definition) is 3. The Kier molecular flexibility index (Phi) is 6.59. The molecule has 102 valence electrons. The smallest absolute Gasteiger partial charge is 0.241 e. The number of methoxy groups -OCH3 is 1. The van der Waals surface area contributed by atoms with Crippen LogP contribution in [-0.2, 0) is 14.8 Å². The highest BCUT2D eigenvalue weighted by Gasteiger charge is 2.16. The minimum atomic E-state index is -3.50. The number of alkyl halides is 1. The first-order valence-corrected chi connectivity index (χ1v) is 8.06. The maximum Gasteiger partial charge on any atom is 0.241 e. The Bertz CT molecular complexity index is 481. The number of benzene rings is 1. The standard InChI is InChI=1S/C11H15BrClNO3S/c1-17-8-9(13)6-7-14-18(15,16)11-5-3-2-4-10(11)12/h2-5,9,14H,6-8H2,1H3. The summed E-state index contributed by atoms with van der Waals surface area (Å²) in [5.41, 5.74) is 0. The van der Waals surface area contributed by atoms with Crippen LogP contribution >= 0.6 is 27.5 Å². The van der Waals surface area contributed by atoms with Crippen molar-refractivity contribution in [3.8, 4) is 0 Å². The lowest BCUT2D eigenvalue weighted by atomic mass is 10.3. The Morgan fingerprint density at radius 2 is 2.11 bits per heavy atom. The van der Waals surface area contributed by atoms with Gasteiger partial charge in [-0.25, -0.2) is 13.1 Å². The molecule has 4 nitrogen and oxygen atoms in total. The van der Waals surface area contributed by atoms with Crippen LogP contribution in [0.2, 0.25) is 0 Å². The fraction of sp³-hybridized carbons (Fsp3) is 0.455. The Balaban J connectivity index is 2.59. The summed E-state index contributed by atoms with van der Waals surface area (Å²) in [5.74, 6) is 0. The van der Waals surface area contributed by atoms with E-state index in [2.05, 4.69) is 20.7 Å². The first-order chi connectivity index (χ1) is 8.47. The number of rotatable bonds is 7. The van der Waals surface area contributed by atoms with E-state index in [9.17, 15) is 8.42 Å². The van der Waals surface area contributed by atoms with Gasteiger partial charge in [-0.3, -0.25) is 0 Å². The lowest BCUT2D eigenvalue weighted by Crippen LogP contribution is -2.27. The predicted octanol–water partition coefficient (Wildman–Crippen LogP) is 2.37. The molecule has 0 radical (unpaired) electrons. The zero-order valence-electron chi connectivity index (χ0n) is 9.90. The molecule has 0 spiro atoms. The molecule has 1 aromatic carbocycles. The number of hydrogen-bond donors (Lipinski definition) is 1. The summed E-state index contributed by atoms with van der Waals surface area (Å²) in [6.45, 7) is 0.680. The number of halogens is 2. The SMILES string of the molecule is COCC(Cl)CCNS(=O)(=O)c1ccccc1Br. The second-order valence-corrected chi connectivity index (χ2v) is 6.88. The molecule has 1 rings (SSSR count). The summed E-state index contributed by atoms with van der Waals surface area (Å²) >= 11 is 9.13. The molecular weight excluding hydrogens is 342 g/mol. The molecule has 0 fully saturated rings. The number of sulfonamides is 1. The number of ether oxygens (including phenoxy) is 1. The average Bonchev–Trinajstić information content (AvgIpc) is 2.29. The van der Waals surface area contributed by atoms with Gasteiger partial charge < -0.3 is 4.74 Å². The van der Waals surface area contributed by atoms with Crippen LogP contribution in [0, 0.1) is 0 Å². The van der Waals surface area contributed by atoms with Gasteiger partial charge in [0.05, 0.1) is 16.9 Å². The van der Waals surface area contributed by atoms with Crippen LogP contribution in [0.25, 0.3) is 0 Å². The molecule has 0 aliphatic rings. The monoisotopic (exact) mass is 355 g/mol. The highest BCUT2D eigenvalue weighted by Crippen LogP contribution is 2.20. The molecule has 0 heterocycles. The lowest BCUT2D eigenvalue weighted by molar-refractivity contribution is 0.196. The Morgan fingerprint density at radius 1 is 1.44 bits per heavy atom. The average molecular weight is 357 g/mol. The summed E-state index contributed by atoms with van der Waals surface area (Å²) in [7, 11) is -1.94. The quantitative estimate of drug-likeness (QED) is 0.763. The van der Waals surface area contributed by atoms with Crippen LogP contribution in [0.5, 0.6) is 0 Å². The van der Waals surface area contributed by atoms with E-state index in [1.54, 1.807) is 31.4 Å². The van der Waals surface area contributed by atoms with Crippen molar-refractivity contribution in [3.05, 3.63) is 28.7 Å². The third-order valence-electron chi connectivity index (χ3n) is 2.22. The van der Waals surface area contributed by atoms with Gasteiger partial charge in [-0.1, -0.05) is 12.1 Å². The highest BCUT2D eigenvalue weighted by atomic mass is 79.9. The summed E-state index contributed by atoms with van der Waals surface area (Å²) in [6, 6.07) is 6.66. The molecule has 0 aliphatic carbocycles. The van der Waals surface area contributed by atoms with Crippen molar-refractivity contribution in [2.75, 3.05) is 20.3 Å². The van der Waals surface area contributed by atoms with Gasteiger partial charge in [-0.15, -0.1) is 11.6 Å². The van der Waals surface area contributed by atoms with Crippen molar-refractivity contribution in [1.29, 1.82) is 0 Å².